The number of halogens is 1. The molecule has 1 heterocycles. The zero-order chi connectivity index (χ0) is 9.10. The molecule has 0 bridgehead atoms. The maximum absolute atomic E-state index is 4.44. The third-order valence-electron chi connectivity index (χ3n) is 2.12. The molecule has 3 heteroatoms. The molecule has 1 aliphatic rings. The van der Waals surface area contributed by atoms with Crippen molar-refractivity contribution in [3.8, 4) is 0 Å². The fourth-order valence-electron chi connectivity index (χ4n) is 1.45. The lowest BCUT2D eigenvalue weighted by Gasteiger charge is -2.23. The van der Waals surface area contributed by atoms with E-state index in [0.29, 0.717) is 9.97 Å². The van der Waals surface area contributed by atoms with Gasteiger partial charge in [0.25, 0.3) is 0 Å². The van der Waals surface area contributed by atoms with Gasteiger partial charge in [-0.3, -0.25) is 4.99 Å². The van der Waals surface area contributed by atoms with Crippen LogP contribution in [-0.2, 0) is 0 Å². The maximum Gasteiger partial charge on any atom is 0.0900 e. The quantitative estimate of drug-likeness (QED) is 0.621. The molecule has 0 fully saturated rings. The van der Waals surface area contributed by atoms with Crippen LogP contribution >= 0.6 is 22.6 Å². The number of hydrogen-bond acceptors (Lipinski definition) is 2. The van der Waals surface area contributed by atoms with Gasteiger partial charge in [-0.25, -0.2) is 0 Å². The molecule has 2 rings (SSSR count). The monoisotopic (exact) mass is 286 g/mol. The van der Waals surface area contributed by atoms with Crippen molar-refractivity contribution >= 4 is 28.9 Å². The van der Waals surface area contributed by atoms with Gasteiger partial charge in [-0.2, -0.15) is 0 Å². The molecule has 0 saturated carbocycles. The van der Waals surface area contributed by atoms with Gasteiger partial charge in [0.05, 0.1) is 16.3 Å². The third-order valence-corrected chi connectivity index (χ3v) is 3.24. The Morgan fingerprint density at radius 3 is 2.77 bits per heavy atom. The second kappa shape index (κ2) is 4.09. The standard InChI is InChI=1S/C10H11IN2/c11-9-6-12-7-13-10(9)8-4-2-1-3-5-8/h1-5,7,9-10H,6H2,(H,12,13). The number of benzene rings is 1. The Morgan fingerprint density at radius 2 is 2.08 bits per heavy atom. The number of rotatable bonds is 1. The first kappa shape index (κ1) is 8.99. The second-order valence-corrected chi connectivity index (χ2v) is 4.66. The van der Waals surface area contributed by atoms with Crippen molar-refractivity contribution in [1.82, 2.24) is 5.32 Å². The summed E-state index contributed by atoms with van der Waals surface area (Å²) in [5.41, 5.74) is 1.31. The van der Waals surface area contributed by atoms with Crippen molar-refractivity contribution in [1.29, 1.82) is 0 Å². The first-order chi connectivity index (χ1) is 6.38. The van der Waals surface area contributed by atoms with Gasteiger partial charge in [-0.05, 0) is 5.56 Å². The maximum atomic E-state index is 4.44. The Kier molecular flexibility index (Phi) is 2.83. The largest absolute Gasteiger partial charge is 0.375 e. The normalized spacial score (nSPS) is 26.8. The summed E-state index contributed by atoms with van der Waals surface area (Å²) in [6, 6.07) is 10.8. The minimum absolute atomic E-state index is 0.322. The van der Waals surface area contributed by atoms with Gasteiger partial charge < -0.3 is 5.32 Å². The summed E-state index contributed by atoms with van der Waals surface area (Å²) in [5, 5.41) is 3.14. The second-order valence-electron chi connectivity index (χ2n) is 3.06. The van der Waals surface area contributed by atoms with Crippen molar-refractivity contribution in [2.24, 2.45) is 4.99 Å². The molecule has 2 atom stereocenters. The summed E-state index contributed by atoms with van der Waals surface area (Å²) in [6.45, 7) is 1.00. The fourth-order valence-corrected chi connectivity index (χ4v) is 2.30. The molecule has 0 aromatic heterocycles. The average Bonchev–Trinajstić information content (AvgIpc) is 2.20. The molecular formula is C10H11IN2. The third kappa shape index (κ3) is 2.02. The Morgan fingerprint density at radius 1 is 1.31 bits per heavy atom. The van der Waals surface area contributed by atoms with Gasteiger partial charge in [0.1, 0.15) is 0 Å². The lowest BCUT2D eigenvalue weighted by Crippen LogP contribution is -2.31. The summed E-state index contributed by atoms with van der Waals surface area (Å²) in [5.74, 6) is 0. The summed E-state index contributed by atoms with van der Waals surface area (Å²) >= 11 is 2.45. The summed E-state index contributed by atoms with van der Waals surface area (Å²) in [4.78, 5) is 4.44. The topological polar surface area (TPSA) is 24.4 Å². The molecule has 68 valence electrons. The van der Waals surface area contributed by atoms with E-state index in [-0.39, 0.29) is 0 Å². The van der Waals surface area contributed by atoms with E-state index in [1.165, 1.54) is 5.56 Å². The van der Waals surface area contributed by atoms with Crippen LogP contribution in [0.3, 0.4) is 0 Å². The van der Waals surface area contributed by atoms with Crippen LogP contribution in [0.5, 0.6) is 0 Å². The van der Waals surface area contributed by atoms with Crippen LogP contribution in [-0.4, -0.2) is 16.8 Å². The van der Waals surface area contributed by atoms with E-state index in [2.05, 4.69) is 57.2 Å². The van der Waals surface area contributed by atoms with Crippen LogP contribution < -0.4 is 5.32 Å². The average molecular weight is 286 g/mol. The molecule has 0 spiro atoms. The first-order valence-electron chi connectivity index (χ1n) is 4.32. The predicted octanol–water partition coefficient (Wildman–Crippen LogP) is 2.16. The number of aliphatic imine (C=N–C) groups is 1. The van der Waals surface area contributed by atoms with E-state index in [1.807, 2.05) is 12.4 Å². The molecule has 2 unspecified atom stereocenters. The van der Waals surface area contributed by atoms with Crippen LogP contribution in [0.15, 0.2) is 35.3 Å². The van der Waals surface area contributed by atoms with Crippen LogP contribution in [0.2, 0.25) is 0 Å². The van der Waals surface area contributed by atoms with Gasteiger partial charge in [0, 0.05) is 6.54 Å². The van der Waals surface area contributed by atoms with Gasteiger partial charge in [-0.1, -0.05) is 52.9 Å². The van der Waals surface area contributed by atoms with Crippen LogP contribution in [0, 0.1) is 0 Å². The zero-order valence-corrected chi connectivity index (χ0v) is 9.31. The van der Waals surface area contributed by atoms with Crippen molar-refractivity contribution in [3.05, 3.63) is 35.9 Å². The molecule has 0 saturated heterocycles. The molecular weight excluding hydrogens is 275 g/mol. The Balaban J connectivity index is 2.25. The number of nitrogens with zero attached hydrogens (tertiary/aromatic N) is 1. The molecule has 0 amide bonds. The van der Waals surface area contributed by atoms with E-state index in [0.717, 1.165) is 6.54 Å². The lowest BCUT2D eigenvalue weighted by molar-refractivity contribution is 0.648. The highest BCUT2D eigenvalue weighted by atomic mass is 127. The smallest absolute Gasteiger partial charge is 0.0900 e. The first-order valence-corrected chi connectivity index (χ1v) is 5.56. The van der Waals surface area contributed by atoms with Crippen LogP contribution in [0.25, 0.3) is 0 Å². The summed E-state index contributed by atoms with van der Waals surface area (Å²) in [7, 11) is 0. The van der Waals surface area contributed by atoms with Crippen molar-refractivity contribution in [2.75, 3.05) is 6.54 Å². The molecule has 1 aliphatic heterocycles. The van der Waals surface area contributed by atoms with Crippen LogP contribution in [0.4, 0.5) is 0 Å². The minimum Gasteiger partial charge on any atom is -0.375 e. The van der Waals surface area contributed by atoms with Crippen molar-refractivity contribution < 1.29 is 0 Å². The van der Waals surface area contributed by atoms with Crippen molar-refractivity contribution in [3.63, 3.8) is 0 Å². The predicted molar refractivity (Wildman–Crippen MR) is 63.5 cm³/mol. The lowest BCUT2D eigenvalue weighted by atomic mass is 10.0. The molecule has 1 N–H and O–H groups in total. The highest BCUT2D eigenvalue weighted by molar-refractivity contribution is 14.1. The highest BCUT2D eigenvalue weighted by Crippen LogP contribution is 2.27. The van der Waals surface area contributed by atoms with Gasteiger partial charge in [0.15, 0.2) is 0 Å². The Bertz CT molecular complexity index is 297. The van der Waals surface area contributed by atoms with E-state index < -0.39 is 0 Å². The van der Waals surface area contributed by atoms with Crippen molar-refractivity contribution in [2.45, 2.75) is 9.97 Å². The SMILES string of the molecule is IC1CNC=NC1c1ccccc1. The number of alkyl halides is 1. The van der Waals surface area contributed by atoms with Gasteiger partial charge in [0.2, 0.25) is 0 Å². The Labute approximate surface area is 91.6 Å². The molecule has 0 aliphatic carbocycles. The summed E-state index contributed by atoms with van der Waals surface area (Å²) in [6.07, 6.45) is 1.81. The minimum atomic E-state index is 0.322. The van der Waals surface area contributed by atoms with E-state index in [9.17, 15) is 0 Å². The Hall–Kier alpha value is -0.580. The number of nitrogens with one attached hydrogen (secondary N) is 1. The van der Waals surface area contributed by atoms with E-state index in [1.54, 1.807) is 0 Å². The fraction of sp³-hybridized carbons (Fsp3) is 0.300. The molecule has 1 aromatic carbocycles. The van der Waals surface area contributed by atoms with E-state index >= 15 is 0 Å². The molecule has 13 heavy (non-hydrogen) atoms. The van der Waals surface area contributed by atoms with E-state index in [4.69, 9.17) is 0 Å². The van der Waals surface area contributed by atoms with Gasteiger partial charge >= 0.3 is 0 Å². The summed E-state index contributed by atoms with van der Waals surface area (Å²) < 4.78 is 0.546. The zero-order valence-electron chi connectivity index (χ0n) is 7.15. The molecule has 1 aromatic rings. The van der Waals surface area contributed by atoms with Crippen LogP contribution in [0.1, 0.15) is 11.6 Å². The molecule has 0 radical (unpaired) electrons. The number of hydrogen-bond donors (Lipinski definition) is 1. The van der Waals surface area contributed by atoms with Gasteiger partial charge in [-0.15, -0.1) is 0 Å². The highest BCUT2D eigenvalue weighted by Gasteiger charge is 2.21. The molecule has 2 nitrogen and oxygen atoms in total.